The Labute approximate surface area is 107 Å². The number of nitrogens with one attached hydrogen (secondary N) is 1. The highest BCUT2D eigenvalue weighted by Crippen LogP contribution is 2.23. The van der Waals surface area contributed by atoms with Gasteiger partial charge in [0.2, 0.25) is 0 Å². The fraction of sp³-hybridized carbons (Fsp3) is 1.00. The van der Waals surface area contributed by atoms with Gasteiger partial charge in [-0.3, -0.25) is 4.90 Å². The molecule has 2 saturated heterocycles. The van der Waals surface area contributed by atoms with Gasteiger partial charge in [-0.15, -0.1) is 0 Å². The van der Waals surface area contributed by atoms with E-state index in [1.165, 1.54) is 39.0 Å². The monoisotopic (exact) mass is 239 g/mol. The molecule has 17 heavy (non-hydrogen) atoms. The molecular weight excluding hydrogens is 210 g/mol. The number of likely N-dealkylation sites (tertiary alicyclic amines) is 1. The number of nitrogens with zero attached hydrogens (tertiary/aromatic N) is 2. The van der Waals surface area contributed by atoms with Crippen molar-refractivity contribution in [2.75, 3.05) is 39.3 Å². The fourth-order valence-corrected chi connectivity index (χ4v) is 2.96. The molecule has 0 amide bonds. The van der Waals surface area contributed by atoms with E-state index in [0.717, 1.165) is 13.1 Å². The van der Waals surface area contributed by atoms with Crippen LogP contribution in [0.25, 0.3) is 0 Å². The number of hydrogen-bond donors (Lipinski definition) is 1. The van der Waals surface area contributed by atoms with Crippen LogP contribution in [0.4, 0.5) is 0 Å². The molecule has 0 aromatic rings. The van der Waals surface area contributed by atoms with Gasteiger partial charge in [0, 0.05) is 37.3 Å². The molecule has 0 unspecified atom stereocenters. The summed E-state index contributed by atoms with van der Waals surface area (Å²) in [6.07, 6.45) is 2.80. The molecule has 3 nitrogen and oxygen atoms in total. The van der Waals surface area contributed by atoms with Crippen molar-refractivity contribution in [3.05, 3.63) is 0 Å². The Morgan fingerprint density at radius 2 is 1.65 bits per heavy atom. The minimum atomic E-state index is 0.264. The Kier molecular flexibility index (Phi) is 3.81. The van der Waals surface area contributed by atoms with Gasteiger partial charge in [0.15, 0.2) is 0 Å². The first-order valence-electron chi connectivity index (χ1n) is 7.12. The van der Waals surface area contributed by atoms with Crippen LogP contribution in [0.3, 0.4) is 0 Å². The van der Waals surface area contributed by atoms with Gasteiger partial charge in [-0.05, 0) is 53.6 Å². The summed E-state index contributed by atoms with van der Waals surface area (Å²) >= 11 is 0. The number of rotatable bonds is 3. The third-order valence-electron chi connectivity index (χ3n) is 4.33. The molecule has 2 aliphatic rings. The molecule has 2 fully saturated rings. The molecule has 0 bridgehead atoms. The van der Waals surface area contributed by atoms with Gasteiger partial charge < -0.3 is 10.2 Å². The summed E-state index contributed by atoms with van der Waals surface area (Å²) < 4.78 is 0. The average molecular weight is 239 g/mol. The van der Waals surface area contributed by atoms with Crippen LogP contribution in [0.2, 0.25) is 0 Å². The van der Waals surface area contributed by atoms with Crippen molar-refractivity contribution < 1.29 is 0 Å². The maximum atomic E-state index is 3.65. The van der Waals surface area contributed by atoms with E-state index in [9.17, 15) is 0 Å². The van der Waals surface area contributed by atoms with Crippen molar-refractivity contribution in [3.63, 3.8) is 0 Å². The molecule has 0 spiro atoms. The lowest BCUT2D eigenvalue weighted by Crippen LogP contribution is -2.66. The molecule has 100 valence electrons. The molecule has 0 saturated carbocycles. The van der Waals surface area contributed by atoms with E-state index in [-0.39, 0.29) is 5.54 Å². The van der Waals surface area contributed by atoms with Gasteiger partial charge in [0.25, 0.3) is 0 Å². The van der Waals surface area contributed by atoms with Crippen molar-refractivity contribution in [1.82, 2.24) is 15.1 Å². The highest BCUT2D eigenvalue weighted by Gasteiger charge is 2.37. The molecular formula is C14H29N3. The van der Waals surface area contributed by atoms with Crippen LogP contribution in [0.1, 0.15) is 40.5 Å². The first-order chi connectivity index (χ1) is 7.89. The molecule has 0 aromatic heterocycles. The van der Waals surface area contributed by atoms with Crippen LogP contribution < -0.4 is 5.32 Å². The molecule has 2 heterocycles. The van der Waals surface area contributed by atoms with E-state index in [1.807, 2.05) is 0 Å². The van der Waals surface area contributed by atoms with Crippen molar-refractivity contribution in [2.24, 2.45) is 0 Å². The first kappa shape index (κ1) is 13.3. The zero-order valence-electron chi connectivity index (χ0n) is 12.1. The predicted octanol–water partition coefficient (Wildman–Crippen LogP) is 1.54. The predicted molar refractivity (Wildman–Crippen MR) is 73.4 cm³/mol. The van der Waals surface area contributed by atoms with Gasteiger partial charge in [-0.25, -0.2) is 0 Å². The van der Waals surface area contributed by atoms with Crippen LogP contribution >= 0.6 is 0 Å². The van der Waals surface area contributed by atoms with E-state index in [4.69, 9.17) is 0 Å². The minimum Gasteiger partial charge on any atom is -0.309 e. The zero-order chi connectivity index (χ0) is 12.5. The second kappa shape index (κ2) is 4.87. The molecule has 2 aliphatic heterocycles. The van der Waals surface area contributed by atoms with Crippen LogP contribution in [0, 0.1) is 0 Å². The van der Waals surface area contributed by atoms with Crippen molar-refractivity contribution in [2.45, 2.75) is 51.6 Å². The maximum Gasteiger partial charge on any atom is 0.0279 e. The van der Waals surface area contributed by atoms with Crippen LogP contribution in [0.5, 0.6) is 0 Å². The van der Waals surface area contributed by atoms with Gasteiger partial charge in [0.05, 0.1) is 0 Å². The molecule has 0 radical (unpaired) electrons. The summed E-state index contributed by atoms with van der Waals surface area (Å²) in [7, 11) is 0. The Hall–Kier alpha value is -0.120. The Bertz CT molecular complexity index is 254. The summed E-state index contributed by atoms with van der Waals surface area (Å²) in [4.78, 5) is 5.28. The average Bonchev–Trinajstić information content (AvgIpc) is 2.73. The largest absolute Gasteiger partial charge is 0.309 e. The van der Waals surface area contributed by atoms with Gasteiger partial charge in [0.1, 0.15) is 0 Å². The SMILES string of the molecule is CC1(C)CN(CCN2CCCC2)C(C)(C)CN1. The fourth-order valence-electron chi connectivity index (χ4n) is 2.96. The van der Waals surface area contributed by atoms with Gasteiger partial charge in [-0.2, -0.15) is 0 Å². The molecule has 2 rings (SSSR count). The van der Waals surface area contributed by atoms with Crippen LogP contribution in [0.15, 0.2) is 0 Å². The normalized spacial score (nSPS) is 29.6. The summed E-state index contributed by atoms with van der Waals surface area (Å²) in [5.41, 5.74) is 0.565. The van der Waals surface area contributed by atoms with E-state index in [2.05, 4.69) is 42.8 Å². The zero-order valence-corrected chi connectivity index (χ0v) is 12.1. The topological polar surface area (TPSA) is 18.5 Å². The van der Waals surface area contributed by atoms with Crippen molar-refractivity contribution in [1.29, 1.82) is 0 Å². The van der Waals surface area contributed by atoms with E-state index < -0.39 is 0 Å². The second-order valence-electron chi connectivity index (χ2n) is 7.02. The molecule has 0 atom stereocenters. The van der Waals surface area contributed by atoms with Crippen LogP contribution in [-0.4, -0.2) is 60.1 Å². The summed E-state index contributed by atoms with van der Waals surface area (Å²) in [5.74, 6) is 0. The maximum absolute atomic E-state index is 3.65. The number of piperazine rings is 1. The molecule has 1 N–H and O–H groups in total. The Morgan fingerprint density at radius 1 is 1.00 bits per heavy atom. The van der Waals surface area contributed by atoms with Gasteiger partial charge >= 0.3 is 0 Å². The third-order valence-corrected chi connectivity index (χ3v) is 4.33. The molecule has 0 aliphatic carbocycles. The Morgan fingerprint density at radius 3 is 2.29 bits per heavy atom. The van der Waals surface area contributed by atoms with Crippen LogP contribution in [-0.2, 0) is 0 Å². The summed E-state index contributed by atoms with van der Waals surface area (Å²) in [6.45, 7) is 16.7. The first-order valence-corrected chi connectivity index (χ1v) is 7.12. The highest BCUT2D eigenvalue weighted by atomic mass is 15.3. The summed E-state index contributed by atoms with van der Waals surface area (Å²) in [6, 6.07) is 0. The molecule has 3 heteroatoms. The lowest BCUT2D eigenvalue weighted by Gasteiger charge is -2.50. The number of hydrogen-bond acceptors (Lipinski definition) is 3. The van der Waals surface area contributed by atoms with Crippen molar-refractivity contribution in [3.8, 4) is 0 Å². The standard InChI is InChI=1S/C14H29N3/c1-13(2)12-17(14(3,4)11-15-13)10-9-16-7-5-6-8-16/h15H,5-12H2,1-4H3. The van der Waals surface area contributed by atoms with Crippen molar-refractivity contribution >= 4 is 0 Å². The summed E-state index contributed by atoms with van der Waals surface area (Å²) in [5, 5.41) is 3.65. The van der Waals surface area contributed by atoms with E-state index >= 15 is 0 Å². The smallest absolute Gasteiger partial charge is 0.0279 e. The quantitative estimate of drug-likeness (QED) is 0.806. The van der Waals surface area contributed by atoms with E-state index in [1.54, 1.807) is 0 Å². The van der Waals surface area contributed by atoms with E-state index in [0.29, 0.717) is 5.54 Å². The minimum absolute atomic E-state index is 0.264. The molecule has 0 aromatic carbocycles. The lowest BCUT2D eigenvalue weighted by atomic mass is 9.91. The lowest BCUT2D eigenvalue weighted by molar-refractivity contribution is 0.0329. The highest BCUT2D eigenvalue weighted by molar-refractivity contribution is 4.97. The Balaban J connectivity index is 1.87. The third kappa shape index (κ3) is 3.43. The van der Waals surface area contributed by atoms with Gasteiger partial charge in [-0.1, -0.05) is 0 Å². The second-order valence-corrected chi connectivity index (χ2v) is 7.02.